The van der Waals surface area contributed by atoms with E-state index < -0.39 is 5.60 Å². The predicted octanol–water partition coefficient (Wildman–Crippen LogP) is 4.23. The van der Waals surface area contributed by atoms with Crippen LogP contribution in [0.4, 0.5) is 0 Å². The van der Waals surface area contributed by atoms with E-state index in [1.165, 1.54) is 0 Å². The molecule has 5 heteroatoms. The number of hydrogen-bond acceptors (Lipinski definition) is 4. The standard InChI is InChI=1S/C21H22BrNO3/c22-18-8-6-16(7-9-18)19(24)10-11-20(25)26-21(12-14-23-15-13-21)17-4-2-1-3-5-17/h1-9,23H,10-15H2. The second kappa shape index (κ2) is 8.60. The number of benzene rings is 2. The molecule has 0 radical (unpaired) electrons. The van der Waals surface area contributed by atoms with Gasteiger partial charge >= 0.3 is 5.97 Å². The molecule has 0 amide bonds. The number of piperidine rings is 1. The summed E-state index contributed by atoms with van der Waals surface area (Å²) in [6.07, 6.45) is 1.73. The van der Waals surface area contributed by atoms with Gasteiger partial charge in [-0.2, -0.15) is 0 Å². The van der Waals surface area contributed by atoms with Crippen LogP contribution in [0.5, 0.6) is 0 Å². The van der Waals surface area contributed by atoms with Gasteiger partial charge in [-0.25, -0.2) is 0 Å². The molecule has 1 fully saturated rings. The summed E-state index contributed by atoms with van der Waals surface area (Å²) in [7, 11) is 0. The van der Waals surface area contributed by atoms with Crippen LogP contribution < -0.4 is 5.32 Å². The molecule has 26 heavy (non-hydrogen) atoms. The highest BCUT2D eigenvalue weighted by Crippen LogP contribution is 2.35. The molecular weight excluding hydrogens is 394 g/mol. The number of ether oxygens (including phenoxy) is 1. The fourth-order valence-electron chi connectivity index (χ4n) is 3.29. The van der Waals surface area contributed by atoms with E-state index in [1.807, 2.05) is 42.5 Å². The Labute approximate surface area is 162 Å². The van der Waals surface area contributed by atoms with Crippen LogP contribution in [0.2, 0.25) is 0 Å². The van der Waals surface area contributed by atoms with E-state index in [4.69, 9.17) is 4.74 Å². The second-order valence-electron chi connectivity index (χ2n) is 6.51. The van der Waals surface area contributed by atoms with Crippen molar-refractivity contribution in [1.29, 1.82) is 0 Å². The summed E-state index contributed by atoms with van der Waals surface area (Å²) in [5, 5.41) is 3.31. The van der Waals surface area contributed by atoms with Crippen molar-refractivity contribution in [2.75, 3.05) is 13.1 Å². The van der Waals surface area contributed by atoms with E-state index in [2.05, 4.69) is 21.2 Å². The Balaban J connectivity index is 1.63. The summed E-state index contributed by atoms with van der Waals surface area (Å²) in [6.45, 7) is 1.61. The zero-order valence-electron chi connectivity index (χ0n) is 14.5. The SMILES string of the molecule is O=C(CCC(=O)c1ccc(Br)cc1)OC1(c2ccccc2)CCNCC1. The molecule has 1 aliphatic heterocycles. The third kappa shape index (κ3) is 4.59. The van der Waals surface area contributed by atoms with Crippen molar-refractivity contribution >= 4 is 27.7 Å². The van der Waals surface area contributed by atoms with Crippen molar-refractivity contribution in [3.05, 3.63) is 70.2 Å². The first-order chi connectivity index (χ1) is 12.6. The zero-order valence-corrected chi connectivity index (χ0v) is 16.1. The average molecular weight is 416 g/mol. The largest absolute Gasteiger partial charge is 0.454 e. The maximum absolute atomic E-state index is 12.5. The molecule has 0 unspecified atom stereocenters. The van der Waals surface area contributed by atoms with Gasteiger partial charge in [0.15, 0.2) is 5.78 Å². The van der Waals surface area contributed by atoms with Crippen molar-refractivity contribution in [3.8, 4) is 0 Å². The Morgan fingerprint density at radius 1 is 0.962 bits per heavy atom. The minimum Gasteiger partial charge on any atom is -0.454 e. The van der Waals surface area contributed by atoms with Crippen LogP contribution in [0.25, 0.3) is 0 Å². The number of carbonyl (C=O) groups is 2. The Bertz CT molecular complexity index is 753. The highest BCUT2D eigenvalue weighted by Gasteiger charge is 2.37. The lowest BCUT2D eigenvalue weighted by Crippen LogP contribution is -2.43. The fraction of sp³-hybridized carbons (Fsp3) is 0.333. The van der Waals surface area contributed by atoms with E-state index >= 15 is 0 Å². The third-order valence-corrected chi connectivity index (χ3v) is 5.27. The number of esters is 1. The van der Waals surface area contributed by atoms with Gasteiger partial charge in [0.05, 0.1) is 6.42 Å². The van der Waals surface area contributed by atoms with Crippen LogP contribution in [0.15, 0.2) is 59.1 Å². The number of ketones is 1. The maximum atomic E-state index is 12.5. The summed E-state index contributed by atoms with van der Waals surface area (Å²) in [4.78, 5) is 24.7. The normalized spacial score (nSPS) is 16.0. The van der Waals surface area contributed by atoms with Gasteiger partial charge in [-0.3, -0.25) is 9.59 Å². The van der Waals surface area contributed by atoms with Crippen molar-refractivity contribution < 1.29 is 14.3 Å². The number of nitrogens with one attached hydrogen (secondary N) is 1. The lowest BCUT2D eigenvalue weighted by atomic mass is 9.84. The van der Waals surface area contributed by atoms with Gasteiger partial charge in [0.1, 0.15) is 5.60 Å². The quantitative estimate of drug-likeness (QED) is 0.566. The molecule has 0 saturated carbocycles. The zero-order chi connectivity index (χ0) is 18.4. The first-order valence-corrected chi connectivity index (χ1v) is 9.65. The molecule has 0 bridgehead atoms. The Hall–Kier alpha value is -1.98. The molecule has 0 aliphatic carbocycles. The van der Waals surface area contributed by atoms with Crippen LogP contribution in [-0.2, 0) is 15.1 Å². The smallest absolute Gasteiger partial charge is 0.307 e. The number of halogens is 1. The molecule has 4 nitrogen and oxygen atoms in total. The van der Waals surface area contributed by atoms with Crippen LogP contribution in [0.1, 0.15) is 41.6 Å². The molecular formula is C21H22BrNO3. The van der Waals surface area contributed by atoms with Crippen LogP contribution in [-0.4, -0.2) is 24.8 Å². The molecule has 0 spiro atoms. The minimum absolute atomic E-state index is 0.0477. The van der Waals surface area contributed by atoms with Crippen LogP contribution >= 0.6 is 15.9 Å². The van der Waals surface area contributed by atoms with Gasteiger partial charge in [0.2, 0.25) is 0 Å². The first-order valence-electron chi connectivity index (χ1n) is 8.86. The number of rotatable bonds is 6. The third-order valence-electron chi connectivity index (χ3n) is 4.74. The lowest BCUT2D eigenvalue weighted by molar-refractivity contribution is -0.164. The van der Waals surface area contributed by atoms with E-state index in [9.17, 15) is 9.59 Å². The van der Waals surface area contributed by atoms with E-state index in [-0.39, 0.29) is 24.6 Å². The molecule has 3 rings (SSSR count). The summed E-state index contributed by atoms with van der Waals surface area (Å²) in [5.74, 6) is -0.366. The molecule has 1 aliphatic rings. The van der Waals surface area contributed by atoms with E-state index in [0.717, 1.165) is 36.0 Å². The van der Waals surface area contributed by atoms with Crippen molar-refractivity contribution in [2.24, 2.45) is 0 Å². The topological polar surface area (TPSA) is 55.4 Å². The summed E-state index contributed by atoms with van der Waals surface area (Å²) < 4.78 is 6.85. The summed E-state index contributed by atoms with van der Waals surface area (Å²) in [6, 6.07) is 17.1. The van der Waals surface area contributed by atoms with Crippen LogP contribution in [0.3, 0.4) is 0 Å². The molecule has 0 aromatic heterocycles. The Morgan fingerprint density at radius 2 is 1.62 bits per heavy atom. The maximum Gasteiger partial charge on any atom is 0.307 e. The predicted molar refractivity (Wildman–Crippen MR) is 104 cm³/mol. The molecule has 1 heterocycles. The molecule has 2 aromatic carbocycles. The molecule has 136 valence electrons. The molecule has 0 atom stereocenters. The number of Topliss-reactive ketones (excluding diaryl/α,β-unsaturated/α-hetero) is 1. The van der Waals surface area contributed by atoms with Gasteiger partial charge in [0.25, 0.3) is 0 Å². The van der Waals surface area contributed by atoms with Crippen molar-refractivity contribution in [2.45, 2.75) is 31.3 Å². The lowest BCUT2D eigenvalue weighted by Gasteiger charge is -2.37. The minimum atomic E-state index is -0.593. The number of carbonyl (C=O) groups excluding carboxylic acids is 2. The fourth-order valence-corrected chi connectivity index (χ4v) is 3.55. The van der Waals surface area contributed by atoms with Gasteiger partial charge < -0.3 is 10.1 Å². The van der Waals surface area contributed by atoms with Gasteiger partial charge in [0, 0.05) is 29.3 Å². The Kier molecular flexibility index (Phi) is 6.22. The highest BCUT2D eigenvalue weighted by molar-refractivity contribution is 9.10. The highest BCUT2D eigenvalue weighted by atomic mass is 79.9. The average Bonchev–Trinajstić information content (AvgIpc) is 2.68. The molecule has 1 saturated heterocycles. The van der Waals surface area contributed by atoms with Gasteiger partial charge in [-0.1, -0.05) is 58.4 Å². The summed E-state index contributed by atoms with van der Waals surface area (Å²) in [5.41, 5.74) is 1.04. The summed E-state index contributed by atoms with van der Waals surface area (Å²) >= 11 is 3.35. The monoisotopic (exact) mass is 415 g/mol. The van der Waals surface area contributed by atoms with E-state index in [1.54, 1.807) is 12.1 Å². The van der Waals surface area contributed by atoms with E-state index in [0.29, 0.717) is 5.56 Å². The number of hydrogen-bond donors (Lipinski definition) is 1. The first kappa shape index (κ1) is 18.8. The second-order valence-corrected chi connectivity index (χ2v) is 7.43. The molecule has 1 N–H and O–H groups in total. The van der Waals surface area contributed by atoms with Crippen molar-refractivity contribution in [1.82, 2.24) is 5.32 Å². The van der Waals surface area contributed by atoms with Crippen molar-refractivity contribution in [3.63, 3.8) is 0 Å². The Morgan fingerprint density at radius 3 is 2.27 bits per heavy atom. The molecule has 2 aromatic rings. The van der Waals surface area contributed by atoms with Gasteiger partial charge in [-0.15, -0.1) is 0 Å². The van der Waals surface area contributed by atoms with Gasteiger partial charge in [-0.05, 0) is 30.8 Å². The van der Waals surface area contributed by atoms with Crippen LogP contribution in [0, 0.1) is 0 Å².